The first-order valence-corrected chi connectivity index (χ1v) is 7.57. The van der Waals surface area contributed by atoms with E-state index in [1.54, 1.807) is 0 Å². The van der Waals surface area contributed by atoms with Gasteiger partial charge in [-0.2, -0.15) is 4.72 Å². The van der Waals surface area contributed by atoms with Crippen LogP contribution in [-0.2, 0) is 14.8 Å². The number of carboxylic acid groups (broad SMARTS) is 1. The van der Waals surface area contributed by atoms with Gasteiger partial charge < -0.3 is 5.11 Å². The lowest BCUT2D eigenvalue weighted by atomic mass is 10.2. The van der Waals surface area contributed by atoms with Gasteiger partial charge in [0.2, 0.25) is 10.0 Å². The number of aliphatic carboxylic acids is 1. The Bertz CT molecular complexity index is 639. The molecule has 2 N–H and O–H groups in total. The zero-order valence-electron chi connectivity index (χ0n) is 9.43. The standard InChI is InChI=1S/C11H9BrClNO4S/c1-2-3-10(11(15)16)14-19(17,18)7-4-5-9(13)8(12)6-7/h1,4-6,10,14H,3H2,(H,15,16). The summed E-state index contributed by atoms with van der Waals surface area (Å²) in [5.41, 5.74) is 0. The maximum atomic E-state index is 12.0. The van der Waals surface area contributed by atoms with E-state index in [1.807, 2.05) is 4.72 Å². The van der Waals surface area contributed by atoms with E-state index in [4.69, 9.17) is 23.1 Å². The molecule has 0 bridgehead atoms. The fraction of sp³-hybridized carbons (Fsp3) is 0.182. The van der Waals surface area contributed by atoms with Gasteiger partial charge in [0.25, 0.3) is 0 Å². The number of hydrogen-bond acceptors (Lipinski definition) is 3. The molecule has 0 aliphatic heterocycles. The molecule has 0 saturated heterocycles. The van der Waals surface area contributed by atoms with Gasteiger partial charge in [-0.15, -0.1) is 12.3 Å². The lowest BCUT2D eigenvalue weighted by Gasteiger charge is -2.12. The second kappa shape index (κ2) is 6.39. The fourth-order valence-corrected chi connectivity index (χ4v) is 3.06. The molecule has 19 heavy (non-hydrogen) atoms. The van der Waals surface area contributed by atoms with E-state index in [0.29, 0.717) is 9.50 Å². The van der Waals surface area contributed by atoms with Gasteiger partial charge in [-0.3, -0.25) is 4.79 Å². The lowest BCUT2D eigenvalue weighted by molar-refractivity contribution is -0.138. The summed E-state index contributed by atoms with van der Waals surface area (Å²) < 4.78 is 26.4. The van der Waals surface area contributed by atoms with Crippen molar-refractivity contribution in [2.24, 2.45) is 0 Å². The molecule has 0 heterocycles. The zero-order valence-corrected chi connectivity index (χ0v) is 12.6. The minimum absolute atomic E-state index is 0.105. The molecule has 0 radical (unpaired) electrons. The Kier molecular flexibility index (Phi) is 5.38. The third-order valence-corrected chi connectivity index (χ3v) is 4.80. The maximum Gasteiger partial charge on any atom is 0.322 e. The minimum Gasteiger partial charge on any atom is -0.480 e. The molecule has 0 fully saturated rings. The Balaban J connectivity index is 3.07. The first-order valence-electron chi connectivity index (χ1n) is 4.91. The van der Waals surface area contributed by atoms with E-state index >= 15 is 0 Å². The quantitative estimate of drug-likeness (QED) is 0.779. The van der Waals surface area contributed by atoms with Crippen LogP contribution in [0.1, 0.15) is 6.42 Å². The largest absolute Gasteiger partial charge is 0.480 e. The highest BCUT2D eigenvalue weighted by atomic mass is 79.9. The number of nitrogens with one attached hydrogen (secondary N) is 1. The normalized spacial score (nSPS) is 12.7. The van der Waals surface area contributed by atoms with Gasteiger partial charge in [-0.05, 0) is 34.1 Å². The molecule has 0 amide bonds. The second-order valence-corrected chi connectivity index (χ2v) is 6.47. The molecular weight excluding hydrogens is 358 g/mol. The number of halogens is 2. The van der Waals surface area contributed by atoms with Crippen molar-refractivity contribution < 1.29 is 18.3 Å². The molecule has 0 aliphatic rings. The molecular formula is C11H9BrClNO4S. The SMILES string of the molecule is C#CCC(NS(=O)(=O)c1ccc(Cl)c(Br)c1)C(=O)O. The van der Waals surface area contributed by atoms with Crippen molar-refractivity contribution in [1.29, 1.82) is 0 Å². The molecule has 5 nitrogen and oxygen atoms in total. The van der Waals surface area contributed by atoms with Gasteiger partial charge in [0.1, 0.15) is 6.04 Å². The van der Waals surface area contributed by atoms with Crippen LogP contribution < -0.4 is 4.72 Å². The summed E-state index contributed by atoms with van der Waals surface area (Å²) in [6.45, 7) is 0. The lowest BCUT2D eigenvalue weighted by Crippen LogP contribution is -2.40. The smallest absolute Gasteiger partial charge is 0.322 e. The van der Waals surface area contributed by atoms with Crippen molar-refractivity contribution in [2.45, 2.75) is 17.4 Å². The van der Waals surface area contributed by atoms with E-state index in [1.165, 1.54) is 18.2 Å². The Labute approximate surface area is 124 Å². The third-order valence-electron chi connectivity index (χ3n) is 2.12. The van der Waals surface area contributed by atoms with Gasteiger partial charge >= 0.3 is 5.97 Å². The molecule has 1 aromatic carbocycles. The molecule has 8 heteroatoms. The van der Waals surface area contributed by atoms with E-state index in [9.17, 15) is 13.2 Å². The summed E-state index contributed by atoms with van der Waals surface area (Å²) in [6.07, 6.45) is 4.75. The van der Waals surface area contributed by atoms with Crippen molar-refractivity contribution in [1.82, 2.24) is 4.72 Å². The van der Waals surface area contributed by atoms with Gasteiger partial charge in [-0.25, -0.2) is 8.42 Å². The highest BCUT2D eigenvalue weighted by molar-refractivity contribution is 9.10. The molecule has 1 aromatic rings. The van der Waals surface area contributed by atoms with Crippen molar-refractivity contribution in [3.63, 3.8) is 0 Å². The van der Waals surface area contributed by atoms with Crippen LogP contribution in [0.4, 0.5) is 0 Å². The van der Waals surface area contributed by atoms with Gasteiger partial charge in [-0.1, -0.05) is 11.6 Å². The summed E-state index contributed by atoms with van der Waals surface area (Å²) in [7, 11) is -3.98. The highest BCUT2D eigenvalue weighted by Gasteiger charge is 2.25. The predicted molar refractivity (Wildman–Crippen MR) is 74.3 cm³/mol. The third kappa shape index (κ3) is 4.21. The van der Waals surface area contributed by atoms with Crippen molar-refractivity contribution in [2.75, 3.05) is 0 Å². The Morgan fingerprint density at radius 3 is 2.68 bits per heavy atom. The van der Waals surface area contributed by atoms with Crippen LogP contribution in [0, 0.1) is 12.3 Å². The number of carboxylic acids is 1. The van der Waals surface area contributed by atoms with Crippen molar-refractivity contribution in [3.8, 4) is 12.3 Å². The van der Waals surface area contributed by atoms with E-state index < -0.39 is 22.0 Å². The number of benzene rings is 1. The number of rotatable bonds is 5. The first-order chi connectivity index (χ1) is 8.77. The number of hydrogen-bond donors (Lipinski definition) is 2. The Morgan fingerprint density at radius 2 is 2.21 bits per heavy atom. The van der Waals surface area contributed by atoms with E-state index in [0.717, 1.165) is 0 Å². The number of carbonyl (C=O) groups is 1. The Hall–Kier alpha value is -1.07. The number of terminal acetylenes is 1. The molecule has 1 rings (SSSR count). The van der Waals surface area contributed by atoms with Crippen LogP contribution >= 0.6 is 27.5 Å². The average molecular weight is 367 g/mol. The monoisotopic (exact) mass is 365 g/mol. The highest BCUT2D eigenvalue weighted by Crippen LogP contribution is 2.25. The first kappa shape index (κ1) is 16.0. The van der Waals surface area contributed by atoms with Crippen LogP contribution in [0.15, 0.2) is 27.6 Å². The predicted octanol–water partition coefficient (Wildman–Crippen LogP) is 1.86. The van der Waals surface area contributed by atoms with E-state index in [2.05, 4.69) is 21.9 Å². The molecule has 1 unspecified atom stereocenters. The van der Waals surface area contributed by atoms with Gasteiger partial charge in [0.05, 0.1) is 9.92 Å². The summed E-state index contributed by atoms with van der Waals surface area (Å²) in [4.78, 5) is 10.8. The molecule has 0 spiro atoms. The molecule has 0 aliphatic carbocycles. The summed E-state index contributed by atoms with van der Waals surface area (Å²) >= 11 is 8.85. The topological polar surface area (TPSA) is 83.5 Å². The molecule has 0 saturated carbocycles. The number of sulfonamides is 1. The van der Waals surface area contributed by atoms with Gasteiger partial charge in [0.15, 0.2) is 0 Å². The second-order valence-electron chi connectivity index (χ2n) is 3.50. The van der Waals surface area contributed by atoms with Crippen LogP contribution in [0.5, 0.6) is 0 Å². The zero-order chi connectivity index (χ0) is 14.6. The minimum atomic E-state index is -3.98. The van der Waals surface area contributed by atoms with E-state index in [-0.39, 0.29) is 11.3 Å². The summed E-state index contributed by atoms with van der Waals surface area (Å²) in [5.74, 6) is 0.767. The van der Waals surface area contributed by atoms with Crippen LogP contribution in [0.25, 0.3) is 0 Å². The molecule has 1 atom stereocenters. The van der Waals surface area contributed by atoms with Crippen LogP contribution in [0.2, 0.25) is 5.02 Å². The van der Waals surface area contributed by atoms with Crippen LogP contribution in [0.3, 0.4) is 0 Å². The molecule has 0 aromatic heterocycles. The summed E-state index contributed by atoms with van der Waals surface area (Å²) in [6, 6.07) is 2.56. The fourth-order valence-electron chi connectivity index (χ4n) is 1.20. The van der Waals surface area contributed by atoms with Crippen molar-refractivity contribution in [3.05, 3.63) is 27.7 Å². The maximum absolute atomic E-state index is 12.0. The average Bonchev–Trinajstić information content (AvgIpc) is 2.31. The van der Waals surface area contributed by atoms with Gasteiger partial charge in [0, 0.05) is 10.9 Å². The van der Waals surface area contributed by atoms with Crippen LogP contribution in [-0.4, -0.2) is 25.5 Å². The summed E-state index contributed by atoms with van der Waals surface area (Å²) in [5, 5.41) is 9.21. The Morgan fingerprint density at radius 1 is 1.58 bits per heavy atom. The molecule has 102 valence electrons. The van der Waals surface area contributed by atoms with Crippen molar-refractivity contribution >= 4 is 43.5 Å².